The lowest BCUT2D eigenvalue weighted by molar-refractivity contribution is -0.121. The summed E-state index contributed by atoms with van der Waals surface area (Å²) in [4.78, 5) is 27.7. The van der Waals surface area contributed by atoms with E-state index in [1.54, 1.807) is 4.57 Å². The summed E-state index contributed by atoms with van der Waals surface area (Å²) in [6.45, 7) is 1.09. The van der Waals surface area contributed by atoms with Crippen LogP contribution in [0.25, 0.3) is 11.0 Å². The van der Waals surface area contributed by atoms with Gasteiger partial charge in [0.2, 0.25) is 5.91 Å². The molecule has 0 atom stereocenters. The fourth-order valence-electron chi connectivity index (χ4n) is 3.85. The summed E-state index contributed by atoms with van der Waals surface area (Å²) in [6, 6.07) is 27.9. The van der Waals surface area contributed by atoms with Crippen LogP contribution in [0, 0.1) is 0 Å². The van der Waals surface area contributed by atoms with Gasteiger partial charge in [0.15, 0.2) is 0 Å². The van der Waals surface area contributed by atoms with Crippen LogP contribution in [0.2, 0.25) is 0 Å². The minimum Gasteiger partial charge on any atom is -0.356 e. The van der Waals surface area contributed by atoms with Crippen LogP contribution >= 0.6 is 0 Å². The molecule has 3 aromatic carbocycles. The third kappa shape index (κ3) is 4.51. The van der Waals surface area contributed by atoms with Gasteiger partial charge < -0.3 is 10.3 Å². The van der Waals surface area contributed by atoms with Gasteiger partial charge >= 0.3 is 5.69 Å². The Labute approximate surface area is 175 Å². The Bertz CT molecular complexity index is 1120. The van der Waals surface area contributed by atoms with Crippen molar-refractivity contribution >= 4 is 16.9 Å². The smallest absolute Gasteiger partial charge is 0.326 e. The van der Waals surface area contributed by atoms with Crippen LogP contribution in [0.1, 0.15) is 29.9 Å². The number of amides is 1. The molecule has 30 heavy (non-hydrogen) atoms. The fourth-order valence-corrected chi connectivity index (χ4v) is 3.85. The Balaban J connectivity index is 1.36. The van der Waals surface area contributed by atoms with Crippen molar-refractivity contribution in [3.63, 3.8) is 0 Å². The second-order valence-corrected chi connectivity index (χ2v) is 7.38. The molecule has 0 spiro atoms. The normalized spacial score (nSPS) is 11.1. The van der Waals surface area contributed by atoms with Crippen LogP contribution in [0.15, 0.2) is 89.7 Å². The van der Waals surface area contributed by atoms with Crippen molar-refractivity contribution in [2.75, 3.05) is 6.54 Å². The molecule has 2 N–H and O–H groups in total. The van der Waals surface area contributed by atoms with Gasteiger partial charge in [-0.3, -0.25) is 9.36 Å². The molecule has 0 unspecified atom stereocenters. The molecule has 0 saturated carbocycles. The lowest BCUT2D eigenvalue weighted by Gasteiger charge is -2.18. The number of carbonyl (C=O) groups excluding carboxylic acids is 1. The Morgan fingerprint density at radius 2 is 1.47 bits per heavy atom. The van der Waals surface area contributed by atoms with E-state index in [9.17, 15) is 9.59 Å². The van der Waals surface area contributed by atoms with Gasteiger partial charge in [-0.05, 0) is 29.7 Å². The number of nitrogens with zero attached hydrogens (tertiary/aromatic N) is 1. The molecule has 1 heterocycles. The average Bonchev–Trinajstić information content (AvgIpc) is 3.11. The highest BCUT2D eigenvalue weighted by Crippen LogP contribution is 2.27. The Kier molecular flexibility index (Phi) is 6.09. The number of carbonyl (C=O) groups is 1. The van der Waals surface area contributed by atoms with Crippen LogP contribution < -0.4 is 11.0 Å². The van der Waals surface area contributed by atoms with Gasteiger partial charge in [-0.25, -0.2) is 4.79 Å². The number of aromatic amines is 1. The molecular weight excluding hydrogens is 374 g/mol. The van der Waals surface area contributed by atoms with Crippen molar-refractivity contribution < 1.29 is 4.79 Å². The largest absolute Gasteiger partial charge is 0.356 e. The van der Waals surface area contributed by atoms with Crippen LogP contribution in [-0.2, 0) is 11.3 Å². The summed E-state index contributed by atoms with van der Waals surface area (Å²) in [7, 11) is 0. The lowest BCUT2D eigenvalue weighted by Crippen LogP contribution is -2.28. The minimum absolute atomic E-state index is 0.0129. The third-order valence-electron chi connectivity index (χ3n) is 5.36. The number of aryl methyl sites for hydroxylation is 1. The zero-order chi connectivity index (χ0) is 20.8. The number of imidazole rings is 1. The number of hydrogen-bond donors (Lipinski definition) is 2. The molecule has 0 aliphatic rings. The number of rotatable bonds is 8. The maximum Gasteiger partial charge on any atom is 0.326 e. The highest BCUT2D eigenvalue weighted by atomic mass is 16.2. The van der Waals surface area contributed by atoms with Crippen LogP contribution in [0.4, 0.5) is 0 Å². The molecule has 0 aliphatic carbocycles. The van der Waals surface area contributed by atoms with Crippen molar-refractivity contribution in [1.82, 2.24) is 14.9 Å². The molecular formula is C25H25N3O2. The topological polar surface area (TPSA) is 66.9 Å². The minimum atomic E-state index is -0.115. The van der Waals surface area contributed by atoms with E-state index in [0.717, 1.165) is 22.2 Å². The number of hydrogen-bond acceptors (Lipinski definition) is 2. The fraction of sp³-hybridized carbons (Fsp3) is 0.200. The first kappa shape index (κ1) is 19.7. The summed E-state index contributed by atoms with van der Waals surface area (Å²) in [5, 5.41) is 3.02. The summed E-state index contributed by atoms with van der Waals surface area (Å²) < 4.78 is 1.72. The van der Waals surface area contributed by atoms with E-state index in [1.807, 2.05) is 60.7 Å². The molecule has 5 nitrogen and oxygen atoms in total. The summed E-state index contributed by atoms with van der Waals surface area (Å²) >= 11 is 0. The zero-order valence-electron chi connectivity index (χ0n) is 16.8. The molecule has 1 amide bonds. The number of para-hydroxylation sites is 2. The van der Waals surface area contributed by atoms with Crippen LogP contribution in [-0.4, -0.2) is 22.0 Å². The highest BCUT2D eigenvalue weighted by molar-refractivity contribution is 5.77. The lowest BCUT2D eigenvalue weighted by atomic mass is 9.88. The first-order valence-electron chi connectivity index (χ1n) is 10.3. The second kappa shape index (κ2) is 9.27. The monoisotopic (exact) mass is 399 g/mol. The van der Waals surface area contributed by atoms with Gasteiger partial charge in [-0.2, -0.15) is 0 Å². The van der Waals surface area contributed by atoms with E-state index in [1.165, 1.54) is 0 Å². The quantitative estimate of drug-likeness (QED) is 0.439. The zero-order valence-corrected chi connectivity index (χ0v) is 16.8. The van der Waals surface area contributed by atoms with Crippen molar-refractivity contribution in [3.05, 3.63) is 107 Å². The van der Waals surface area contributed by atoms with Crippen LogP contribution in [0.5, 0.6) is 0 Å². The molecule has 0 radical (unpaired) electrons. The first-order chi connectivity index (χ1) is 14.7. The number of benzene rings is 3. The van der Waals surface area contributed by atoms with Gasteiger partial charge in [-0.15, -0.1) is 0 Å². The van der Waals surface area contributed by atoms with E-state index >= 15 is 0 Å². The van der Waals surface area contributed by atoms with Gasteiger partial charge in [0.1, 0.15) is 0 Å². The third-order valence-corrected chi connectivity index (χ3v) is 5.36. The Hall–Kier alpha value is -3.60. The molecule has 0 fully saturated rings. The van der Waals surface area contributed by atoms with Gasteiger partial charge in [0.05, 0.1) is 11.0 Å². The first-order valence-corrected chi connectivity index (χ1v) is 10.3. The van der Waals surface area contributed by atoms with E-state index < -0.39 is 0 Å². The van der Waals surface area contributed by atoms with Gasteiger partial charge in [0, 0.05) is 25.4 Å². The summed E-state index contributed by atoms with van der Waals surface area (Å²) in [5.74, 6) is 0.0302. The van der Waals surface area contributed by atoms with Crippen LogP contribution in [0.3, 0.4) is 0 Å². The molecule has 152 valence electrons. The number of H-pyrrole nitrogens is 1. The Morgan fingerprint density at radius 1 is 0.867 bits per heavy atom. The van der Waals surface area contributed by atoms with Crippen molar-refractivity contribution in [1.29, 1.82) is 0 Å². The standard InChI is InChI=1S/C25H25N3O2/c29-24(18-21(19-10-3-1-4-11-19)20-12-5-2-6-13-20)26-16-9-17-28-23-15-8-7-14-22(23)27-25(28)30/h1-8,10-15,21H,9,16-18H2,(H,26,29)(H,27,30). The maximum atomic E-state index is 12.7. The predicted molar refractivity (Wildman–Crippen MR) is 120 cm³/mol. The van der Waals surface area contributed by atoms with E-state index in [4.69, 9.17) is 0 Å². The summed E-state index contributed by atoms with van der Waals surface area (Å²) in [5.41, 5.74) is 3.87. The summed E-state index contributed by atoms with van der Waals surface area (Å²) in [6.07, 6.45) is 1.08. The molecule has 5 heteroatoms. The second-order valence-electron chi connectivity index (χ2n) is 7.38. The Morgan fingerprint density at radius 3 is 2.13 bits per heavy atom. The highest BCUT2D eigenvalue weighted by Gasteiger charge is 2.17. The van der Waals surface area contributed by atoms with Crippen molar-refractivity contribution in [2.24, 2.45) is 0 Å². The number of fused-ring (bicyclic) bond motifs is 1. The maximum absolute atomic E-state index is 12.7. The SMILES string of the molecule is O=C(CC(c1ccccc1)c1ccccc1)NCCCn1c(=O)[nH]c2ccccc21. The molecule has 0 saturated heterocycles. The van der Waals surface area contributed by atoms with E-state index in [2.05, 4.69) is 34.6 Å². The number of aromatic nitrogens is 2. The van der Waals surface area contributed by atoms with Gasteiger partial charge in [-0.1, -0.05) is 72.8 Å². The van der Waals surface area contributed by atoms with E-state index in [-0.39, 0.29) is 17.5 Å². The molecule has 0 bridgehead atoms. The van der Waals surface area contributed by atoms with Crippen molar-refractivity contribution in [2.45, 2.75) is 25.3 Å². The number of nitrogens with one attached hydrogen (secondary N) is 2. The predicted octanol–water partition coefficient (Wildman–Crippen LogP) is 4.06. The van der Waals surface area contributed by atoms with Crippen molar-refractivity contribution in [3.8, 4) is 0 Å². The molecule has 1 aromatic heterocycles. The van der Waals surface area contributed by atoms with Gasteiger partial charge in [0.25, 0.3) is 0 Å². The average molecular weight is 399 g/mol. The molecule has 4 aromatic rings. The molecule has 4 rings (SSSR count). The van der Waals surface area contributed by atoms with E-state index in [0.29, 0.717) is 25.9 Å². The molecule has 0 aliphatic heterocycles.